The second-order valence-electron chi connectivity index (χ2n) is 9.17. The van der Waals surface area contributed by atoms with Gasteiger partial charge < -0.3 is 19.6 Å². The number of rotatable bonds is 6. The van der Waals surface area contributed by atoms with Crippen LogP contribution in [0, 0.1) is 17.2 Å². The van der Waals surface area contributed by atoms with Gasteiger partial charge in [-0.25, -0.2) is 9.97 Å². The predicted molar refractivity (Wildman–Crippen MR) is 135 cm³/mol. The average Bonchev–Trinajstić information content (AvgIpc) is 2.94. The number of nitriles is 1. The molecule has 0 saturated heterocycles. The Kier molecular flexibility index (Phi) is 7.74. The Balaban J connectivity index is 1.70. The maximum Gasteiger partial charge on any atom is 0.273 e. The van der Waals surface area contributed by atoms with Gasteiger partial charge in [-0.05, 0) is 30.7 Å². The molecule has 10 nitrogen and oxygen atoms in total. The summed E-state index contributed by atoms with van der Waals surface area (Å²) in [5, 5.41) is 19.1. The molecule has 0 radical (unpaired) electrons. The lowest BCUT2D eigenvalue weighted by Gasteiger charge is -2.37. The Morgan fingerprint density at radius 3 is 2.78 bits per heavy atom. The summed E-state index contributed by atoms with van der Waals surface area (Å²) in [5.74, 6) is -0.644. The van der Waals surface area contributed by atoms with E-state index >= 15 is 0 Å². The van der Waals surface area contributed by atoms with Crippen LogP contribution in [0.5, 0.6) is 5.88 Å². The first-order valence-corrected chi connectivity index (χ1v) is 11.9. The first kappa shape index (κ1) is 25.7. The SMILES string of the molecule is C[C@H](CO)N1C[C@H](C)[C@H](CN(C)C(=O)c2cnccn2)Oc2ncc(-c3cccc(C#N)c3)cc2C1=O. The highest BCUT2D eigenvalue weighted by molar-refractivity contribution is 5.98. The van der Waals surface area contributed by atoms with Crippen molar-refractivity contribution in [3.63, 3.8) is 0 Å². The Morgan fingerprint density at radius 2 is 2.08 bits per heavy atom. The number of benzene rings is 1. The van der Waals surface area contributed by atoms with Crippen molar-refractivity contribution in [3.8, 4) is 23.1 Å². The van der Waals surface area contributed by atoms with Crippen LogP contribution in [0.4, 0.5) is 0 Å². The summed E-state index contributed by atoms with van der Waals surface area (Å²) in [6.45, 7) is 4.04. The molecule has 0 aliphatic carbocycles. The van der Waals surface area contributed by atoms with E-state index < -0.39 is 12.1 Å². The summed E-state index contributed by atoms with van der Waals surface area (Å²) in [6.07, 6.45) is 5.47. The largest absolute Gasteiger partial charge is 0.472 e. The number of carbonyl (C=O) groups is 2. The number of likely N-dealkylation sites (N-methyl/N-ethyl adjacent to an activating group) is 1. The molecule has 0 saturated carbocycles. The minimum Gasteiger partial charge on any atom is -0.472 e. The van der Waals surface area contributed by atoms with E-state index in [9.17, 15) is 20.0 Å². The van der Waals surface area contributed by atoms with E-state index in [1.54, 1.807) is 49.3 Å². The van der Waals surface area contributed by atoms with Crippen LogP contribution in [0.3, 0.4) is 0 Å². The quantitative estimate of drug-likeness (QED) is 0.546. The summed E-state index contributed by atoms with van der Waals surface area (Å²) >= 11 is 0. The van der Waals surface area contributed by atoms with Gasteiger partial charge in [0.15, 0.2) is 0 Å². The maximum atomic E-state index is 13.6. The molecule has 3 heterocycles. The molecule has 0 unspecified atom stereocenters. The minimum absolute atomic E-state index is 0.150. The predicted octanol–water partition coefficient (Wildman–Crippen LogP) is 2.40. The fourth-order valence-electron chi connectivity index (χ4n) is 4.20. The number of carbonyl (C=O) groups excluding carboxylic acids is 2. The molecule has 0 bridgehead atoms. The normalized spacial score (nSPS) is 18.0. The van der Waals surface area contributed by atoms with Gasteiger partial charge in [-0.15, -0.1) is 0 Å². The highest BCUT2D eigenvalue weighted by atomic mass is 16.5. The Hall–Kier alpha value is -4.36. The lowest BCUT2D eigenvalue weighted by atomic mass is 9.98. The van der Waals surface area contributed by atoms with Gasteiger partial charge in [0.05, 0.1) is 37.0 Å². The van der Waals surface area contributed by atoms with Gasteiger partial charge in [0.25, 0.3) is 11.8 Å². The highest BCUT2D eigenvalue weighted by Crippen LogP contribution is 2.30. The molecule has 190 valence electrons. The second-order valence-corrected chi connectivity index (χ2v) is 9.17. The Bertz CT molecular complexity index is 1330. The van der Waals surface area contributed by atoms with Crippen molar-refractivity contribution < 1.29 is 19.4 Å². The van der Waals surface area contributed by atoms with Gasteiger partial charge in [-0.1, -0.05) is 19.1 Å². The van der Waals surface area contributed by atoms with Crippen molar-refractivity contribution in [2.24, 2.45) is 5.92 Å². The molecular formula is C27H28N6O4. The number of fused-ring (bicyclic) bond motifs is 1. The smallest absolute Gasteiger partial charge is 0.273 e. The summed E-state index contributed by atoms with van der Waals surface area (Å²) in [5.41, 5.74) is 2.36. The van der Waals surface area contributed by atoms with E-state index in [1.165, 1.54) is 23.5 Å². The zero-order chi connectivity index (χ0) is 26.5. The molecule has 1 aliphatic rings. The highest BCUT2D eigenvalue weighted by Gasteiger charge is 2.35. The number of aliphatic hydroxyl groups is 1. The number of aromatic nitrogens is 3. The van der Waals surface area contributed by atoms with Gasteiger partial charge in [0.2, 0.25) is 5.88 Å². The molecule has 37 heavy (non-hydrogen) atoms. The lowest BCUT2D eigenvalue weighted by molar-refractivity contribution is 0.0312. The standard InChI is InChI=1S/C27H28N6O4/c1-17-14-33(18(2)16-34)26(35)22-10-21(20-6-4-5-19(9-20)11-28)12-31-25(22)37-24(17)15-32(3)27(36)23-13-29-7-8-30-23/h4-10,12-13,17-18,24,34H,14-16H2,1-3H3/t17-,18+,24-/m0/s1. The van der Waals surface area contributed by atoms with Crippen molar-refractivity contribution in [3.05, 3.63) is 71.9 Å². The fourth-order valence-corrected chi connectivity index (χ4v) is 4.20. The van der Waals surface area contributed by atoms with Crippen LogP contribution in [-0.2, 0) is 0 Å². The fraction of sp³-hybridized carbons (Fsp3) is 0.333. The van der Waals surface area contributed by atoms with Crippen LogP contribution in [0.2, 0.25) is 0 Å². The molecule has 3 atom stereocenters. The average molecular weight is 501 g/mol. The third kappa shape index (κ3) is 5.57. The third-order valence-electron chi connectivity index (χ3n) is 6.43. The lowest BCUT2D eigenvalue weighted by Crippen LogP contribution is -2.50. The maximum absolute atomic E-state index is 13.6. The third-order valence-corrected chi connectivity index (χ3v) is 6.43. The van der Waals surface area contributed by atoms with Crippen LogP contribution in [0.25, 0.3) is 11.1 Å². The second kappa shape index (κ2) is 11.1. The number of nitrogens with zero attached hydrogens (tertiary/aromatic N) is 6. The molecule has 2 amide bonds. The summed E-state index contributed by atoms with van der Waals surface area (Å²) in [4.78, 5) is 42.1. The van der Waals surface area contributed by atoms with Crippen molar-refractivity contribution in [2.75, 3.05) is 26.7 Å². The number of hydrogen-bond donors (Lipinski definition) is 1. The van der Waals surface area contributed by atoms with E-state index in [4.69, 9.17) is 4.74 Å². The molecule has 1 aliphatic heterocycles. The van der Waals surface area contributed by atoms with E-state index in [1.807, 2.05) is 13.0 Å². The summed E-state index contributed by atoms with van der Waals surface area (Å²) in [6, 6.07) is 10.4. The van der Waals surface area contributed by atoms with Crippen molar-refractivity contribution in [1.29, 1.82) is 5.26 Å². The molecule has 0 fully saturated rings. The molecule has 4 rings (SSSR count). The molecular weight excluding hydrogens is 472 g/mol. The van der Waals surface area contributed by atoms with E-state index in [0.717, 1.165) is 5.56 Å². The number of ether oxygens (including phenoxy) is 1. The van der Waals surface area contributed by atoms with Gasteiger partial charge in [-0.2, -0.15) is 5.26 Å². The van der Waals surface area contributed by atoms with Gasteiger partial charge in [0.1, 0.15) is 17.4 Å². The Labute approximate surface area is 215 Å². The zero-order valence-electron chi connectivity index (χ0n) is 20.9. The van der Waals surface area contributed by atoms with Crippen LogP contribution in [-0.4, -0.2) is 80.6 Å². The van der Waals surface area contributed by atoms with Crippen LogP contribution < -0.4 is 4.74 Å². The monoisotopic (exact) mass is 500 g/mol. The first-order valence-electron chi connectivity index (χ1n) is 11.9. The molecule has 1 aromatic carbocycles. The van der Waals surface area contributed by atoms with E-state index in [-0.39, 0.29) is 48.0 Å². The van der Waals surface area contributed by atoms with Crippen LogP contribution in [0.1, 0.15) is 40.3 Å². The van der Waals surface area contributed by atoms with Gasteiger partial charge in [-0.3, -0.25) is 14.6 Å². The van der Waals surface area contributed by atoms with Crippen molar-refractivity contribution >= 4 is 11.8 Å². The number of hydrogen-bond acceptors (Lipinski definition) is 8. The summed E-state index contributed by atoms with van der Waals surface area (Å²) in [7, 11) is 1.66. The number of amides is 2. The Morgan fingerprint density at radius 1 is 1.27 bits per heavy atom. The molecule has 1 N–H and O–H groups in total. The van der Waals surface area contributed by atoms with Gasteiger partial charge in [0, 0.05) is 43.7 Å². The van der Waals surface area contributed by atoms with E-state index in [2.05, 4.69) is 21.0 Å². The van der Waals surface area contributed by atoms with Crippen molar-refractivity contribution in [1.82, 2.24) is 24.8 Å². The topological polar surface area (TPSA) is 133 Å². The van der Waals surface area contributed by atoms with E-state index in [0.29, 0.717) is 17.7 Å². The van der Waals surface area contributed by atoms with Gasteiger partial charge >= 0.3 is 0 Å². The zero-order valence-corrected chi connectivity index (χ0v) is 20.9. The summed E-state index contributed by atoms with van der Waals surface area (Å²) < 4.78 is 6.27. The van der Waals surface area contributed by atoms with Crippen LogP contribution >= 0.6 is 0 Å². The van der Waals surface area contributed by atoms with Crippen molar-refractivity contribution in [2.45, 2.75) is 26.0 Å². The molecule has 2 aromatic heterocycles. The first-order chi connectivity index (χ1) is 17.8. The molecule has 10 heteroatoms. The minimum atomic E-state index is -0.494. The number of aliphatic hydroxyl groups excluding tert-OH is 1. The molecule has 3 aromatic rings. The molecule has 0 spiro atoms. The number of pyridine rings is 1. The van der Waals surface area contributed by atoms with Crippen LogP contribution in [0.15, 0.2) is 55.1 Å².